The first-order valence-electron chi connectivity index (χ1n) is 19.4. The van der Waals surface area contributed by atoms with E-state index in [4.69, 9.17) is 26.8 Å². The lowest BCUT2D eigenvalue weighted by atomic mass is 10.00. The lowest BCUT2D eigenvalue weighted by Gasteiger charge is -2.44. The second-order valence-corrected chi connectivity index (χ2v) is 15.3. The van der Waals surface area contributed by atoms with Gasteiger partial charge in [0.05, 0.1) is 22.9 Å². The summed E-state index contributed by atoms with van der Waals surface area (Å²) in [6, 6.07) is 9.40. The van der Waals surface area contributed by atoms with Gasteiger partial charge in [0.1, 0.15) is 6.04 Å². The predicted molar refractivity (Wildman–Crippen MR) is 204 cm³/mol. The Morgan fingerprint density at radius 2 is 1.59 bits per heavy atom. The molecule has 4 heterocycles. The number of halogens is 4. The van der Waals surface area contributed by atoms with Crippen LogP contribution in [0.25, 0.3) is 0 Å². The summed E-state index contributed by atoms with van der Waals surface area (Å²) >= 11 is 6.13. The molecular weight excluding hydrogens is 755 g/mol. The van der Waals surface area contributed by atoms with Crippen LogP contribution in [0.3, 0.4) is 0 Å². The second kappa shape index (κ2) is 17.9. The number of hydrogen-bond acceptors (Lipinski definition) is 9. The Bertz CT molecular complexity index is 1740. The topological polar surface area (TPSA) is 141 Å². The van der Waals surface area contributed by atoms with E-state index in [1.54, 1.807) is 16.7 Å². The monoisotopic (exact) mass is 805 g/mol. The van der Waals surface area contributed by atoms with Crippen molar-refractivity contribution in [3.8, 4) is 0 Å². The number of hydrogen-bond donors (Lipinski definition) is 2. The molecule has 56 heavy (non-hydrogen) atoms. The number of para-hydroxylation sites is 1. The number of carbonyl (C=O) groups is 4. The number of esters is 1. The molecule has 3 fully saturated rings. The van der Waals surface area contributed by atoms with Crippen LogP contribution in [0.15, 0.2) is 36.4 Å². The van der Waals surface area contributed by atoms with Gasteiger partial charge in [0.25, 0.3) is 5.91 Å². The molecule has 3 N–H and O–H groups in total. The van der Waals surface area contributed by atoms with E-state index in [0.717, 1.165) is 43.2 Å². The summed E-state index contributed by atoms with van der Waals surface area (Å²) in [5, 5.41) is 2.67. The highest BCUT2D eigenvalue weighted by Crippen LogP contribution is 2.38. The molecule has 306 valence electrons. The molecule has 2 unspecified atom stereocenters. The SMILES string of the molecule is CCOC(=O)C(C)N1CCC(N2CCN(C(=O)C(Cc3cc(Cl)c(N)c(C(F)(F)F)c3)OC(=O)N3CCC(N4CCc5ccccc5NC4=O)CC3)CC2)CC1. The third-order valence-electron chi connectivity index (χ3n) is 11.6. The van der Waals surface area contributed by atoms with Gasteiger partial charge in [-0.05, 0) is 75.3 Å². The molecule has 0 aromatic heterocycles. The smallest absolute Gasteiger partial charge is 0.418 e. The average molecular weight is 806 g/mol. The molecule has 0 bridgehead atoms. The van der Waals surface area contributed by atoms with E-state index in [9.17, 15) is 32.3 Å². The maximum Gasteiger partial charge on any atom is 0.418 e. The Balaban J connectivity index is 1.09. The quantitative estimate of drug-likeness (QED) is 0.262. The highest BCUT2D eigenvalue weighted by molar-refractivity contribution is 6.33. The van der Waals surface area contributed by atoms with Crippen molar-refractivity contribution in [3.05, 3.63) is 58.1 Å². The van der Waals surface area contributed by atoms with Crippen molar-refractivity contribution in [2.75, 3.05) is 76.6 Å². The fourth-order valence-electron chi connectivity index (χ4n) is 8.28. The molecule has 0 spiro atoms. The van der Waals surface area contributed by atoms with Gasteiger partial charge in [0, 0.05) is 83.1 Å². The first-order valence-corrected chi connectivity index (χ1v) is 19.8. The number of urea groups is 1. The number of piperidine rings is 2. The van der Waals surface area contributed by atoms with Crippen LogP contribution in [0, 0.1) is 0 Å². The number of alkyl halides is 3. The molecule has 13 nitrogen and oxygen atoms in total. The van der Waals surface area contributed by atoms with E-state index in [1.165, 1.54) is 11.0 Å². The maximum absolute atomic E-state index is 14.1. The summed E-state index contributed by atoms with van der Waals surface area (Å²) in [4.78, 5) is 62.5. The number of piperazine rings is 1. The Hall–Kier alpha value is -4.28. The summed E-state index contributed by atoms with van der Waals surface area (Å²) < 4.78 is 52.7. The third kappa shape index (κ3) is 9.63. The molecule has 17 heteroatoms. The standard InChI is InChI=1S/C39H51ClF3N7O6/c1-3-55-36(52)25(2)46-13-9-28(10-14-46)47-18-20-48(21-19-47)35(51)33(24-26-22-30(39(41,42)43)34(44)31(40)23-26)56-38(54)49-15-11-29(12-16-49)50-17-8-27-6-4-5-7-32(27)45-37(50)53/h4-7,22-23,25,28-29,33H,3,8-21,24,44H2,1-2H3,(H,45,53). The minimum Gasteiger partial charge on any atom is -0.465 e. The summed E-state index contributed by atoms with van der Waals surface area (Å²) in [5.74, 6) is -0.740. The van der Waals surface area contributed by atoms with E-state index in [2.05, 4.69) is 15.1 Å². The van der Waals surface area contributed by atoms with E-state index in [-0.39, 0.29) is 60.2 Å². The first-order chi connectivity index (χ1) is 26.7. The molecule has 2 aromatic rings. The van der Waals surface area contributed by atoms with Crippen molar-refractivity contribution in [1.82, 2.24) is 24.5 Å². The molecule has 4 amide bonds. The number of ether oxygens (including phenoxy) is 2. The van der Waals surface area contributed by atoms with Crippen LogP contribution in [0.1, 0.15) is 56.2 Å². The minimum atomic E-state index is -4.79. The van der Waals surface area contributed by atoms with Gasteiger partial charge in [0.2, 0.25) is 0 Å². The molecule has 6 rings (SSSR count). The summed E-state index contributed by atoms with van der Waals surface area (Å²) in [5.41, 5.74) is 5.81. The van der Waals surface area contributed by atoms with Crippen LogP contribution in [-0.4, -0.2) is 138 Å². The zero-order valence-electron chi connectivity index (χ0n) is 31.9. The maximum atomic E-state index is 14.1. The third-order valence-corrected chi connectivity index (χ3v) is 11.9. The number of nitrogen functional groups attached to an aromatic ring is 1. The number of benzene rings is 2. The first kappa shape index (κ1) is 41.4. The van der Waals surface area contributed by atoms with Gasteiger partial charge in [-0.25, -0.2) is 9.59 Å². The van der Waals surface area contributed by atoms with E-state index < -0.39 is 35.5 Å². The molecule has 0 radical (unpaired) electrons. The van der Waals surface area contributed by atoms with Crippen LogP contribution in [0.5, 0.6) is 0 Å². The Kier molecular flexibility index (Phi) is 13.2. The van der Waals surface area contributed by atoms with Gasteiger partial charge in [-0.1, -0.05) is 29.8 Å². The zero-order valence-corrected chi connectivity index (χ0v) is 32.6. The Labute approximate surface area is 330 Å². The van der Waals surface area contributed by atoms with Crippen molar-refractivity contribution in [2.24, 2.45) is 0 Å². The Morgan fingerprint density at radius 1 is 0.929 bits per heavy atom. The van der Waals surface area contributed by atoms with Gasteiger partial charge in [-0.3, -0.25) is 19.4 Å². The molecule has 2 atom stereocenters. The number of fused-ring (bicyclic) bond motifs is 1. The van der Waals surface area contributed by atoms with Gasteiger partial charge in [0.15, 0.2) is 6.10 Å². The van der Waals surface area contributed by atoms with Crippen molar-refractivity contribution < 1.29 is 41.8 Å². The number of nitrogens with zero attached hydrogens (tertiary/aromatic N) is 5. The molecule has 0 aliphatic carbocycles. The molecule has 3 saturated heterocycles. The second-order valence-electron chi connectivity index (χ2n) is 14.9. The van der Waals surface area contributed by atoms with Gasteiger partial charge in [-0.2, -0.15) is 13.2 Å². The van der Waals surface area contributed by atoms with Crippen molar-refractivity contribution in [1.29, 1.82) is 0 Å². The highest BCUT2D eigenvalue weighted by Gasteiger charge is 2.39. The van der Waals surface area contributed by atoms with Gasteiger partial charge >= 0.3 is 24.3 Å². The molecule has 0 saturated carbocycles. The van der Waals surface area contributed by atoms with Crippen LogP contribution < -0.4 is 11.1 Å². The largest absolute Gasteiger partial charge is 0.465 e. The number of amides is 4. The summed E-state index contributed by atoms with van der Waals surface area (Å²) in [6.45, 7) is 8.33. The van der Waals surface area contributed by atoms with Crippen molar-refractivity contribution in [2.45, 2.75) is 82.8 Å². The van der Waals surface area contributed by atoms with Crippen LogP contribution in [-0.2, 0) is 38.1 Å². The fourth-order valence-corrected chi connectivity index (χ4v) is 8.52. The molecule has 2 aromatic carbocycles. The van der Waals surface area contributed by atoms with Crippen molar-refractivity contribution in [3.63, 3.8) is 0 Å². The van der Waals surface area contributed by atoms with Crippen LogP contribution in [0.4, 0.5) is 34.1 Å². The van der Waals surface area contributed by atoms with Crippen LogP contribution in [0.2, 0.25) is 5.02 Å². The van der Waals surface area contributed by atoms with Crippen molar-refractivity contribution >= 4 is 47.0 Å². The number of carbonyl (C=O) groups excluding carboxylic acids is 4. The normalized spacial score (nSPS) is 20.5. The average Bonchev–Trinajstić information content (AvgIpc) is 3.36. The lowest BCUT2D eigenvalue weighted by Crippen LogP contribution is -2.57. The summed E-state index contributed by atoms with van der Waals surface area (Å²) in [7, 11) is 0. The number of nitrogens with one attached hydrogen (secondary N) is 1. The van der Waals surface area contributed by atoms with E-state index in [0.29, 0.717) is 58.6 Å². The predicted octanol–water partition coefficient (Wildman–Crippen LogP) is 5.10. The summed E-state index contributed by atoms with van der Waals surface area (Å²) in [6.07, 6.45) is -3.93. The fraction of sp³-hybridized carbons (Fsp3) is 0.590. The number of anilines is 2. The number of likely N-dealkylation sites (tertiary alicyclic amines) is 2. The molecule has 4 aliphatic heterocycles. The van der Waals surface area contributed by atoms with Crippen LogP contribution >= 0.6 is 11.6 Å². The Morgan fingerprint density at radius 3 is 2.25 bits per heavy atom. The number of rotatable bonds is 9. The zero-order chi connectivity index (χ0) is 40.1. The highest BCUT2D eigenvalue weighted by atomic mass is 35.5. The minimum absolute atomic E-state index is 0.0528. The number of nitrogens with two attached hydrogens (primary N) is 1. The van der Waals surface area contributed by atoms with Gasteiger partial charge < -0.3 is 35.2 Å². The van der Waals surface area contributed by atoms with E-state index >= 15 is 0 Å². The molecule has 4 aliphatic rings. The van der Waals surface area contributed by atoms with E-state index in [1.807, 2.05) is 31.2 Å². The lowest BCUT2D eigenvalue weighted by molar-refractivity contribution is -0.149. The van der Waals surface area contributed by atoms with Gasteiger partial charge in [-0.15, -0.1) is 0 Å². The molecular formula is C39H51ClF3N7O6.